The smallest absolute Gasteiger partial charge is 0.257 e. The Labute approximate surface area is 148 Å². The third-order valence-electron chi connectivity index (χ3n) is 4.17. The first-order valence-corrected chi connectivity index (χ1v) is 8.28. The highest BCUT2D eigenvalue weighted by atomic mass is 16.6. The molecule has 1 aliphatic rings. The summed E-state index contributed by atoms with van der Waals surface area (Å²) in [6.45, 7) is 6.19. The summed E-state index contributed by atoms with van der Waals surface area (Å²) in [5, 5.41) is 0. The average Bonchev–Trinajstić information content (AvgIpc) is 2.59. The predicted molar refractivity (Wildman–Crippen MR) is 95.0 cm³/mol. The maximum Gasteiger partial charge on any atom is 0.257 e. The Balaban J connectivity index is 1.72. The molecular weight excluding hydrogens is 319 g/mol. The zero-order valence-electron chi connectivity index (χ0n) is 14.5. The number of benzene rings is 1. The molecule has 1 unspecified atom stereocenters. The van der Waals surface area contributed by atoms with E-state index in [-0.39, 0.29) is 11.7 Å². The minimum Gasteiger partial charge on any atom is -0.475 e. The fraction of sp³-hybridized carbons (Fsp3) is 0.444. The van der Waals surface area contributed by atoms with E-state index in [2.05, 4.69) is 4.98 Å². The van der Waals surface area contributed by atoms with E-state index in [4.69, 9.17) is 22.1 Å². The lowest BCUT2D eigenvalue weighted by Crippen LogP contribution is -2.34. The molecule has 130 valence electrons. The van der Waals surface area contributed by atoms with Crippen molar-refractivity contribution in [2.45, 2.75) is 26.5 Å². The molecule has 0 spiro atoms. The zero-order chi connectivity index (χ0) is 17.8. The highest BCUT2D eigenvalue weighted by molar-refractivity contribution is 6.32. The van der Waals surface area contributed by atoms with Gasteiger partial charge in [0.15, 0.2) is 0 Å². The van der Waals surface area contributed by atoms with E-state index >= 15 is 0 Å². The van der Waals surface area contributed by atoms with Crippen molar-refractivity contribution in [2.75, 3.05) is 26.4 Å². The first-order valence-electron chi connectivity index (χ1n) is 8.28. The first kappa shape index (κ1) is 17.7. The van der Waals surface area contributed by atoms with Crippen LogP contribution >= 0.6 is 0 Å². The van der Waals surface area contributed by atoms with Gasteiger partial charge in [0.2, 0.25) is 5.88 Å². The molecule has 1 aromatic heterocycles. The van der Waals surface area contributed by atoms with Crippen LogP contribution in [0.4, 0.5) is 0 Å². The fourth-order valence-corrected chi connectivity index (χ4v) is 2.74. The lowest BCUT2D eigenvalue weighted by atomic mass is 9.92. The Bertz CT molecular complexity index is 800. The summed E-state index contributed by atoms with van der Waals surface area (Å²) in [4.78, 5) is 16.8. The number of rotatable bonds is 5. The van der Waals surface area contributed by atoms with Crippen molar-refractivity contribution in [3.63, 3.8) is 0 Å². The van der Waals surface area contributed by atoms with Gasteiger partial charge in [0.25, 0.3) is 5.56 Å². The quantitative estimate of drug-likeness (QED) is 0.742. The minimum absolute atomic E-state index is 0.129. The van der Waals surface area contributed by atoms with Gasteiger partial charge in [-0.15, -0.1) is 0 Å². The minimum atomic E-state index is -0.153. The van der Waals surface area contributed by atoms with E-state index in [1.807, 2.05) is 25.1 Å². The van der Waals surface area contributed by atoms with Crippen LogP contribution in [0, 0.1) is 13.8 Å². The molecule has 1 fully saturated rings. The summed E-state index contributed by atoms with van der Waals surface area (Å²) in [5.74, 6) is 0.904. The van der Waals surface area contributed by atoms with Gasteiger partial charge >= 0.3 is 0 Å². The van der Waals surface area contributed by atoms with Gasteiger partial charge in [0.1, 0.15) is 26.4 Å². The molecule has 2 heterocycles. The third kappa shape index (κ3) is 4.49. The first-order chi connectivity index (χ1) is 12.0. The molecule has 1 atom stereocenters. The molecule has 6 nitrogen and oxygen atoms in total. The van der Waals surface area contributed by atoms with Gasteiger partial charge < -0.3 is 14.2 Å². The molecule has 0 N–H and O–H groups in total. The second kappa shape index (κ2) is 7.84. The maximum absolute atomic E-state index is 12.5. The van der Waals surface area contributed by atoms with Crippen molar-refractivity contribution in [2.24, 2.45) is 0 Å². The Hall–Kier alpha value is -2.12. The molecule has 0 aliphatic carbocycles. The van der Waals surface area contributed by atoms with E-state index < -0.39 is 0 Å². The van der Waals surface area contributed by atoms with Crippen LogP contribution in [0.25, 0.3) is 0 Å². The number of nitrogens with zero attached hydrogens (tertiary/aromatic N) is 2. The summed E-state index contributed by atoms with van der Waals surface area (Å²) in [5.41, 5.74) is 2.63. The van der Waals surface area contributed by atoms with E-state index in [0.29, 0.717) is 50.1 Å². The van der Waals surface area contributed by atoms with Crippen LogP contribution in [-0.4, -0.2) is 49.9 Å². The normalized spacial score (nSPS) is 17.4. The molecule has 0 saturated carbocycles. The van der Waals surface area contributed by atoms with Gasteiger partial charge in [-0.25, -0.2) is 4.98 Å². The molecular formula is C18H21BN2O4. The number of hydrogen-bond acceptors (Lipinski definition) is 5. The summed E-state index contributed by atoms with van der Waals surface area (Å²) < 4.78 is 18.1. The van der Waals surface area contributed by atoms with E-state index in [1.54, 1.807) is 11.5 Å². The third-order valence-corrected chi connectivity index (χ3v) is 4.17. The van der Waals surface area contributed by atoms with Crippen LogP contribution in [0.1, 0.15) is 17.0 Å². The largest absolute Gasteiger partial charge is 0.475 e. The van der Waals surface area contributed by atoms with Crippen LogP contribution in [0.15, 0.2) is 29.1 Å². The van der Waals surface area contributed by atoms with Crippen molar-refractivity contribution in [3.8, 4) is 5.88 Å². The van der Waals surface area contributed by atoms with Gasteiger partial charge in [-0.3, -0.25) is 9.36 Å². The lowest BCUT2D eigenvalue weighted by Gasteiger charge is -2.22. The SMILES string of the molecule is [B]c1ccc(Cn2c(C)nc(OCC3COCCO3)cc2=O)c(C)c1. The Morgan fingerprint density at radius 3 is 2.84 bits per heavy atom. The summed E-state index contributed by atoms with van der Waals surface area (Å²) >= 11 is 0. The zero-order valence-corrected chi connectivity index (χ0v) is 14.5. The molecule has 2 aromatic rings. The Morgan fingerprint density at radius 1 is 1.32 bits per heavy atom. The van der Waals surface area contributed by atoms with Crippen molar-refractivity contribution in [3.05, 3.63) is 51.6 Å². The number of aryl methyl sites for hydroxylation is 2. The molecule has 0 amide bonds. The molecule has 2 radical (unpaired) electrons. The van der Waals surface area contributed by atoms with E-state index in [9.17, 15) is 4.79 Å². The highest BCUT2D eigenvalue weighted by Crippen LogP contribution is 2.11. The van der Waals surface area contributed by atoms with Crippen LogP contribution in [0.5, 0.6) is 5.88 Å². The van der Waals surface area contributed by atoms with Crippen molar-refractivity contribution in [1.29, 1.82) is 0 Å². The van der Waals surface area contributed by atoms with Gasteiger partial charge in [0.05, 0.1) is 32.4 Å². The predicted octanol–water partition coefficient (Wildman–Crippen LogP) is 0.496. The summed E-state index contributed by atoms with van der Waals surface area (Å²) in [6.07, 6.45) is -0.129. The lowest BCUT2D eigenvalue weighted by molar-refractivity contribution is -0.102. The van der Waals surface area contributed by atoms with Crippen LogP contribution in [0.2, 0.25) is 0 Å². The molecule has 1 saturated heterocycles. The fourth-order valence-electron chi connectivity index (χ4n) is 2.74. The average molecular weight is 340 g/mol. The van der Waals surface area contributed by atoms with E-state index in [0.717, 1.165) is 11.1 Å². The summed E-state index contributed by atoms with van der Waals surface area (Å²) in [6, 6.07) is 7.07. The molecule has 7 heteroatoms. The van der Waals surface area contributed by atoms with Crippen LogP contribution in [-0.2, 0) is 16.0 Å². The second-order valence-electron chi connectivity index (χ2n) is 6.13. The monoisotopic (exact) mass is 340 g/mol. The number of hydrogen-bond donors (Lipinski definition) is 0. The molecule has 0 bridgehead atoms. The van der Waals surface area contributed by atoms with Gasteiger partial charge in [0, 0.05) is 0 Å². The Kier molecular flexibility index (Phi) is 5.55. The van der Waals surface area contributed by atoms with E-state index in [1.165, 1.54) is 6.07 Å². The van der Waals surface area contributed by atoms with Gasteiger partial charge in [-0.2, -0.15) is 0 Å². The van der Waals surface area contributed by atoms with Gasteiger partial charge in [-0.05, 0) is 25.0 Å². The number of aromatic nitrogens is 2. The van der Waals surface area contributed by atoms with Crippen LogP contribution in [0.3, 0.4) is 0 Å². The van der Waals surface area contributed by atoms with Crippen LogP contribution < -0.4 is 15.8 Å². The topological polar surface area (TPSA) is 62.6 Å². The van der Waals surface area contributed by atoms with Gasteiger partial charge in [-0.1, -0.05) is 23.7 Å². The molecule has 1 aliphatic heterocycles. The molecule has 3 rings (SSSR count). The number of ether oxygens (including phenoxy) is 3. The Morgan fingerprint density at radius 2 is 2.16 bits per heavy atom. The van der Waals surface area contributed by atoms with Crippen molar-refractivity contribution < 1.29 is 14.2 Å². The van der Waals surface area contributed by atoms with Crippen molar-refractivity contribution in [1.82, 2.24) is 9.55 Å². The molecule has 1 aromatic carbocycles. The summed E-state index contributed by atoms with van der Waals surface area (Å²) in [7, 11) is 5.78. The second-order valence-corrected chi connectivity index (χ2v) is 6.13. The standard InChI is InChI=1S/C18H21BN2O4/c1-12-7-15(19)4-3-14(12)9-21-13(2)20-17(8-18(21)22)25-11-16-10-23-5-6-24-16/h3-4,7-8,16H,5-6,9-11H2,1-2H3. The molecule has 25 heavy (non-hydrogen) atoms. The van der Waals surface area contributed by atoms with Crippen molar-refractivity contribution >= 4 is 13.3 Å². The highest BCUT2D eigenvalue weighted by Gasteiger charge is 2.16. The maximum atomic E-state index is 12.5.